The lowest BCUT2D eigenvalue weighted by molar-refractivity contribution is -0.164. The van der Waals surface area contributed by atoms with Crippen molar-refractivity contribution in [2.24, 2.45) is 0 Å². The number of alkyl carbamates (subject to hydrolysis) is 1. The summed E-state index contributed by atoms with van der Waals surface area (Å²) >= 11 is 0. The number of carbonyl (C=O) groups is 4. The number of nitrogens with one attached hydrogen (secondary N) is 3. The zero-order valence-corrected chi connectivity index (χ0v) is 20.1. The lowest BCUT2D eigenvalue weighted by atomic mass is 10.0. The van der Waals surface area contributed by atoms with E-state index in [1.807, 2.05) is 60.7 Å². The van der Waals surface area contributed by atoms with Gasteiger partial charge in [-0.3, -0.25) is 9.59 Å². The van der Waals surface area contributed by atoms with E-state index in [-0.39, 0.29) is 19.4 Å². The quantitative estimate of drug-likeness (QED) is 0.470. The molecule has 0 saturated carbocycles. The highest BCUT2D eigenvalue weighted by atomic mass is 16.6. The molecule has 3 rings (SSSR count). The van der Waals surface area contributed by atoms with E-state index in [9.17, 15) is 19.2 Å². The molecule has 2 aromatic carbocycles. The van der Waals surface area contributed by atoms with Crippen molar-refractivity contribution < 1.29 is 28.7 Å². The van der Waals surface area contributed by atoms with Gasteiger partial charge in [-0.2, -0.15) is 0 Å². The summed E-state index contributed by atoms with van der Waals surface area (Å²) in [6.45, 7) is 5.27. The van der Waals surface area contributed by atoms with E-state index < -0.39 is 47.6 Å². The van der Waals surface area contributed by atoms with E-state index in [4.69, 9.17) is 9.47 Å². The largest absolute Gasteiger partial charge is 0.461 e. The van der Waals surface area contributed by atoms with Gasteiger partial charge in [-0.15, -0.1) is 0 Å². The van der Waals surface area contributed by atoms with E-state index in [0.717, 1.165) is 11.1 Å². The molecule has 0 bridgehead atoms. The highest BCUT2D eigenvalue weighted by Crippen LogP contribution is 2.11. The van der Waals surface area contributed by atoms with Crippen LogP contribution in [-0.2, 0) is 36.7 Å². The predicted molar refractivity (Wildman–Crippen MR) is 128 cm³/mol. The van der Waals surface area contributed by atoms with Gasteiger partial charge in [0, 0.05) is 12.8 Å². The van der Waals surface area contributed by atoms with E-state index in [1.165, 1.54) is 0 Å². The van der Waals surface area contributed by atoms with E-state index in [0.29, 0.717) is 0 Å². The summed E-state index contributed by atoms with van der Waals surface area (Å²) in [6, 6.07) is 15.7. The fraction of sp³-hybridized carbons (Fsp3) is 0.385. The minimum absolute atomic E-state index is 0.0907. The second-order valence-electron chi connectivity index (χ2n) is 9.33. The molecule has 186 valence electrons. The summed E-state index contributed by atoms with van der Waals surface area (Å²) in [7, 11) is 0. The summed E-state index contributed by atoms with van der Waals surface area (Å²) in [6.07, 6.45) is -0.347. The van der Waals surface area contributed by atoms with Crippen LogP contribution in [0.15, 0.2) is 60.7 Å². The number of rotatable bonds is 9. The third kappa shape index (κ3) is 8.13. The number of hydrogen-bond acceptors (Lipinski definition) is 6. The molecule has 9 nitrogen and oxygen atoms in total. The molecule has 0 aliphatic carbocycles. The molecule has 3 N–H and O–H groups in total. The van der Waals surface area contributed by atoms with Crippen LogP contribution in [0, 0.1) is 0 Å². The first kappa shape index (κ1) is 25.7. The molecule has 1 fully saturated rings. The molecule has 0 aromatic heterocycles. The van der Waals surface area contributed by atoms with Crippen LogP contribution < -0.4 is 16.0 Å². The minimum atomic E-state index is -0.994. The maximum Gasteiger partial charge on any atom is 0.408 e. The van der Waals surface area contributed by atoms with E-state index in [2.05, 4.69) is 16.0 Å². The molecular formula is C26H31N3O6. The van der Waals surface area contributed by atoms with Crippen molar-refractivity contribution in [3.63, 3.8) is 0 Å². The third-order valence-electron chi connectivity index (χ3n) is 5.20. The van der Waals surface area contributed by atoms with Gasteiger partial charge in [-0.25, -0.2) is 9.59 Å². The number of ether oxygens (including phenoxy) is 2. The highest BCUT2D eigenvalue weighted by Gasteiger charge is 2.35. The Morgan fingerprint density at radius 2 is 1.40 bits per heavy atom. The normalized spacial score (nSPS) is 16.7. The maximum absolute atomic E-state index is 13.3. The topological polar surface area (TPSA) is 123 Å². The summed E-state index contributed by atoms with van der Waals surface area (Å²) in [5.74, 6) is -1.58. The summed E-state index contributed by atoms with van der Waals surface area (Å²) in [5, 5.41) is 7.98. The number of carbonyl (C=O) groups excluding carboxylic acids is 4. The molecule has 2 aromatic rings. The van der Waals surface area contributed by atoms with Crippen LogP contribution in [0.25, 0.3) is 0 Å². The fourth-order valence-electron chi connectivity index (χ4n) is 3.45. The fourth-order valence-corrected chi connectivity index (χ4v) is 3.45. The van der Waals surface area contributed by atoms with Crippen molar-refractivity contribution >= 4 is 23.9 Å². The van der Waals surface area contributed by atoms with Gasteiger partial charge in [0.15, 0.2) is 6.04 Å². The molecule has 1 saturated heterocycles. The number of amides is 3. The van der Waals surface area contributed by atoms with Crippen LogP contribution in [0.1, 0.15) is 31.9 Å². The van der Waals surface area contributed by atoms with Crippen LogP contribution in [-0.4, -0.2) is 54.2 Å². The minimum Gasteiger partial charge on any atom is -0.461 e. The van der Waals surface area contributed by atoms with Crippen LogP contribution in [0.5, 0.6) is 0 Å². The van der Waals surface area contributed by atoms with Gasteiger partial charge in [0.1, 0.15) is 24.3 Å². The van der Waals surface area contributed by atoms with Crippen molar-refractivity contribution in [3.8, 4) is 0 Å². The first-order valence-electron chi connectivity index (χ1n) is 11.5. The molecule has 0 unspecified atom stereocenters. The standard InChI is InChI=1S/C26H31N3O6/c1-26(2,3)35-25(33)29-20(15-18-12-8-5-9-13-18)23(31)27-19(14-17-10-6-4-7-11-17)22(30)28-21-16-34-24(21)32/h4-13,19-21H,14-16H2,1-3H3,(H,27,31)(H,28,30)(H,29,33)/t19-,20-,21-/m0/s1. The molecule has 9 heteroatoms. The lowest BCUT2D eigenvalue weighted by Crippen LogP contribution is -2.60. The summed E-state index contributed by atoms with van der Waals surface area (Å²) in [5.41, 5.74) is 0.902. The van der Waals surface area contributed by atoms with Crippen molar-refractivity contribution in [1.82, 2.24) is 16.0 Å². The SMILES string of the molecule is CC(C)(C)OC(=O)N[C@@H](Cc1ccccc1)C(=O)N[C@@H](Cc1ccccc1)C(=O)N[C@H]1COC1=O. The van der Waals surface area contributed by atoms with Crippen molar-refractivity contribution in [3.05, 3.63) is 71.8 Å². The van der Waals surface area contributed by atoms with Gasteiger partial charge in [0.2, 0.25) is 11.8 Å². The average molecular weight is 482 g/mol. The van der Waals surface area contributed by atoms with E-state index >= 15 is 0 Å². The third-order valence-corrected chi connectivity index (χ3v) is 5.20. The summed E-state index contributed by atoms with van der Waals surface area (Å²) < 4.78 is 10.0. The number of hydrogen-bond donors (Lipinski definition) is 3. The van der Waals surface area contributed by atoms with Crippen molar-refractivity contribution in [2.45, 2.75) is 57.3 Å². The Hall–Kier alpha value is -3.88. The van der Waals surface area contributed by atoms with Gasteiger partial charge in [-0.05, 0) is 31.9 Å². The lowest BCUT2D eigenvalue weighted by Gasteiger charge is -2.29. The number of cyclic esters (lactones) is 1. The van der Waals surface area contributed by atoms with E-state index in [1.54, 1.807) is 20.8 Å². The van der Waals surface area contributed by atoms with Crippen molar-refractivity contribution in [2.75, 3.05) is 6.61 Å². The monoisotopic (exact) mass is 481 g/mol. The Bertz CT molecular complexity index is 1040. The molecule has 3 amide bonds. The maximum atomic E-state index is 13.3. The zero-order chi connectivity index (χ0) is 25.4. The first-order chi connectivity index (χ1) is 16.6. The Morgan fingerprint density at radius 3 is 1.83 bits per heavy atom. The van der Waals surface area contributed by atoms with Gasteiger partial charge >= 0.3 is 12.1 Å². The predicted octanol–water partition coefficient (Wildman–Crippen LogP) is 1.89. The Balaban J connectivity index is 1.77. The zero-order valence-electron chi connectivity index (χ0n) is 20.1. The first-order valence-corrected chi connectivity index (χ1v) is 11.5. The van der Waals surface area contributed by atoms with Gasteiger partial charge in [-0.1, -0.05) is 60.7 Å². The van der Waals surface area contributed by atoms with Crippen LogP contribution in [0.2, 0.25) is 0 Å². The average Bonchev–Trinajstić information content (AvgIpc) is 2.80. The smallest absolute Gasteiger partial charge is 0.408 e. The molecule has 0 radical (unpaired) electrons. The molecular weight excluding hydrogens is 450 g/mol. The molecule has 0 spiro atoms. The Morgan fingerprint density at radius 1 is 0.886 bits per heavy atom. The highest BCUT2D eigenvalue weighted by molar-refractivity contribution is 5.94. The molecule has 1 aliphatic heterocycles. The van der Waals surface area contributed by atoms with Gasteiger partial charge in [0.05, 0.1) is 0 Å². The van der Waals surface area contributed by atoms with Crippen LogP contribution >= 0.6 is 0 Å². The van der Waals surface area contributed by atoms with Crippen molar-refractivity contribution in [1.29, 1.82) is 0 Å². The van der Waals surface area contributed by atoms with Crippen LogP contribution in [0.4, 0.5) is 4.79 Å². The summed E-state index contributed by atoms with van der Waals surface area (Å²) in [4.78, 5) is 50.3. The van der Waals surface area contributed by atoms with Gasteiger partial charge < -0.3 is 25.4 Å². The molecule has 1 heterocycles. The molecule has 35 heavy (non-hydrogen) atoms. The molecule has 3 atom stereocenters. The Labute approximate surface area is 204 Å². The van der Waals surface area contributed by atoms with Gasteiger partial charge in [0.25, 0.3) is 0 Å². The molecule has 1 aliphatic rings. The number of esters is 1. The van der Waals surface area contributed by atoms with Crippen LogP contribution in [0.3, 0.4) is 0 Å². The number of benzene rings is 2. The Kier molecular flexibility index (Phi) is 8.46. The second-order valence-corrected chi connectivity index (χ2v) is 9.33. The second kappa shape index (κ2) is 11.5.